The Kier molecular flexibility index (Phi) is 3.14. The van der Waals surface area contributed by atoms with Gasteiger partial charge in [0.25, 0.3) is 0 Å². The first-order chi connectivity index (χ1) is 7.65. The first-order valence-electron chi connectivity index (χ1n) is 4.66. The van der Waals surface area contributed by atoms with Crippen molar-refractivity contribution in [3.8, 4) is 0 Å². The van der Waals surface area contributed by atoms with Crippen molar-refractivity contribution < 1.29 is 4.39 Å². The first-order valence-corrected chi connectivity index (χ1v) is 5.46. The standard InChI is InChI=1S/C11H9BrFN3/c12-9-6-15-10(16-11(9)14)5-7-1-3-8(13)4-2-7/h1-4,6H,5H2,(H2,14,15,16). The summed E-state index contributed by atoms with van der Waals surface area (Å²) in [5.41, 5.74) is 6.59. The van der Waals surface area contributed by atoms with E-state index < -0.39 is 0 Å². The summed E-state index contributed by atoms with van der Waals surface area (Å²) in [6.07, 6.45) is 2.15. The van der Waals surface area contributed by atoms with Crippen molar-refractivity contribution in [3.05, 3.63) is 52.1 Å². The highest BCUT2D eigenvalue weighted by molar-refractivity contribution is 9.10. The average molecular weight is 282 g/mol. The second-order valence-electron chi connectivity index (χ2n) is 3.32. The number of rotatable bonds is 2. The number of nitrogens with two attached hydrogens (primary N) is 1. The van der Waals surface area contributed by atoms with Crippen molar-refractivity contribution in [2.24, 2.45) is 0 Å². The molecule has 0 spiro atoms. The summed E-state index contributed by atoms with van der Waals surface area (Å²) in [4.78, 5) is 8.24. The highest BCUT2D eigenvalue weighted by atomic mass is 79.9. The normalized spacial score (nSPS) is 10.4. The van der Waals surface area contributed by atoms with E-state index in [1.54, 1.807) is 18.3 Å². The molecule has 0 atom stereocenters. The van der Waals surface area contributed by atoms with Crippen LogP contribution < -0.4 is 5.73 Å². The lowest BCUT2D eigenvalue weighted by Crippen LogP contribution is -2.01. The van der Waals surface area contributed by atoms with Crippen LogP contribution in [0.2, 0.25) is 0 Å². The molecule has 0 radical (unpaired) electrons. The zero-order valence-electron chi connectivity index (χ0n) is 8.32. The molecule has 0 aliphatic rings. The molecule has 2 N–H and O–H groups in total. The number of nitrogen functional groups attached to an aromatic ring is 1. The molecule has 0 fully saturated rings. The van der Waals surface area contributed by atoms with E-state index in [0.717, 1.165) is 5.56 Å². The van der Waals surface area contributed by atoms with E-state index in [1.807, 2.05) is 0 Å². The van der Waals surface area contributed by atoms with E-state index in [9.17, 15) is 4.39 Å². The monoisotopic (exact) mass is 281 g/mol. The molecule has 0 saturated carbocycles. The lowest BCUT2D eigenvalue weighted by atomic mass is 10.1. The molecule has 1 heterocycles. The summed E-state index contributed by atoms with van der Waals surface area (Å²) in [5, 5.41) is 0. The third-order valence-corrected chi connectivity index (χ3v) is 2.71. The molecule has 1 aromatic heterocycles. The first kappa shape index (κ1) is 11.0. The number of hydrogen-bond donors (Lipinski definition) is 1. The zero-order valence-corrected chi connectivity index (χ0v) is 9.91. The molecule has 0 saturated heterocycles. The molecule has 3 nitrogen and oxygen atoms in total. The van der Waals surface area contributed by atoms with Gasteiger partial charge in [-0.15, -0.1) is 0 Å². The Morgan fingerprint density at radius 2 is 1.94 bits per heavy atom. The minimum atomic E-state index is -0.250. The van der Waals surface area contributed by atoms with E-state index in [2.05, 4.69) is 25.9 Å². The van der Waals surface area contributed by atoms with Gasteiger partial charge >= 0.3 is 0 Å². The van der Waals surface area contributed by atoms with Crippen molar-refractivity contribution in [2.75, 3.05) is 5.73 Å². The van der Waals surface area contributed by atoms with Gasteiger partial charge in [-0.05, 0) is 33.6 Å². The molecule has 0 aliphatic heterocycles. The second kappa shape index (κ2) is 4.57. The predicted molar refractivity (Wildman–Crippen MR) is 63.4 cm³/mol. The Bertz CT molecular complexity index is 499. The van der Waals surface area contributed by atoms with Crippen LogP contribution in [0.4, 0.5) is 10.2 Å². The Labute approximate surface area is 101 Å². The molecule has 0 unspecified atom stereocenters. The van der Waals surface area contributed by atoms with Crippen LogP contribution in [0.1, 0.15) is 11.4 Å². The molecule has 1 aromatic carbocycles. The Hall–Kier alpha value is -1.49. The molecule has 0 aliphatic carbocycles. The van der Waals surface area contributed by atoms with Crippen LogP contribution in [-0.4, -0.2) is 9.97 Å². The third-order valence-electron chi connectivity index (χ3n) is 2.10. The fourth-order valence-electron chi connectivity index (χ4n) is 1.29. The molecule has 0 bridgehead atoms. The molecular weight excluding hydrogens is 273 g/mol. The van der Waals surface area contributed by atoms with Gasteiger partial charge in [0.2, 0.25) is 0 Å². The minimum absolute atomic E-state index is 0.250. The van der Waals surface area contributed by atoms with Crippen molar-refractivity contribution in [2.45, 2.75) is 6.42 Å². The zero-order chi connectivity index (χ0) is 11.5. The quantitative estimate of drug-likeness (QED) is 0.921. The van der Waals surface area contributed by atoms with Crippen LogP contribution in [0.3, 0.4) is 0 Å². The molecular formula is C11H9BrFN3. The largest absolute Gasteiger partial charge is 0.383 e. The number of nitrogens with zero attached hydrogens (tertiary/aromatic N) is 2. The fraction of sp³-hybridized carbons (Fsp3) is 0.0909. The maximum atomic E-state index is 12.7. The van der Waals surface area contributed by atoms with E-state index in [0.29, 0.717) is 22.5 Å². The van der Waals surface area contributed by atoms with Gasteiger partial charge in [-0.25, -0.2) is 14.4 Å². The minimum Gasteiger partial charge on any atom is -0.383 e. The van der Waals surface area contributed by atoms with Crippen molar-refractivity contribution >= 4 is 21.7 Å². The summed E-state index contributed by atoms with van der Waals surface area (Å²) in [6, 6.07) is 6.24. The van der Waals surface area contributed by atoms with Crippen LogP contribution in [0.25, 0.3) is 0 Å². The molecule has 5 heteroatoms. The van der Waals surface area contributed by atoms with Crippen molar-refractivity contribution in [1.82, 2.24) is 9.97 Å². The highest BCUT2D eigenvalue weighted by Crippen LogP contribution is 2.16. The van der Waals surface area contributed by atoms with Crippen LogP contribution >= 0.6 is 15.9 Å². The van der Waals surface area contributed by atoms with Gasteiger partial charge in [-0.3, -0.25) is 0 Å². The van der Waals surface area contributed by atoms with Gasteiger partial charge in [0, 0.05) is 12.6 Å². The van der Waals surface area contributed by atoms with Crippen LogP contribution in [-0.2, 0) is 6.42 Å². The van der Waals surface area contributed by atoms with Gasteiger partial charge in [0.05, 0.1) is 4.47 Å². The summed E-state index contributed by atoms with van der Waals surface area (Å²) in [7, 11) is 0. The number of aromatic nitrogens is 2. The number of hydrogen-bond acceptors (Lipinski definition) is 3. The summed E-state index contributed by atoms with van der Waals surface area (Å²) in [5.74, 6) is 0.777. The lowest BCUT2D eigenvalue weighted by molar-refractivity contribution is 0.627. The number of anilines is 1. The lowest BCUT2D eigenvalue weighted by Gasteiger charge is -2.02. The fourth-order valence-corrected chi connectivity index (χ4v) is 1.48. The highest BCUT2D eigenvalue weighted by Gasteiger charge is 2.03. The van der Waals surface area contributed by atoms with Gasteiger partial charge in [0.15, 0.2) is 0 Å². The number of benzene rings is 1. The topological polar surface area (TPSA) is 51.8 Å². The maximum absolute atomic E-state index is 12.7. The molecule has 2 aromatic rings. The van der Waals surface area contributed by atoms with Crippen molar-refractivity contribution in [1.29, 1.82) is 0 Å². The third kappa shape index (κ3) is 2.55. The Morgan fingerprint density at radius 1 is 1.25 bits per heavy atom. The molecule has 2 rings (SSSR count). The van der Waals surface area contributed by atoms with Crippen LogP contribution in [0.15, 0.2) is 34.9 Å². The Morgan fingerprint density at radius 3 is 2.56 bits per heavy atom. The average Bonchev–Trinajstić information content (AvgIpc) is 2.27. The summed E-state index contributed by atoms with van der Waals surface area (Å²) < 4.78 is 13.4. The molecule has 0 amide bonds. The Balaban J connectivity index is 2.20. The van der Waals surface area contributed by atoms with Gasteiger partial charge in [0.1, 0.15) is 17.5 Å². The van der Waals surface area contributed by atoms with Crippen molar-refractivity contribution in [3.63, 3.8) is 0 Å². The van der Waals surface area contributed by atoms with E-state index in [-0.39, 0.29) is 5.82 Å². The van der Waals surface area contributed by atoms with Gasteiger partial charge < -0.3 is 5.73 Å². The summed E-state index contributed by atoms with van der Waals surface area (Å²) >= 11 is 3.22. The van der Waals surface area contributed by atoms with E-state index >= 15 is 0 Å². The number of halogens is 2. The molecule has 16 heavy (non-hydrogen) atoms. The van der Waals surface area contributed by atoms with E-state index in [4.69, 9.17) is 5.73 Å². The van der Waals surface area contributed by atoms with Gasteiger partial charge in [-0.2, -0.15) is 0 Å². The molecule has 82 valence electrons. The van der Waals surface area contributed by atoms with Crippen LogP contribution in [0.5, 0.6) is 0 Å². The second-order valence-corrected chi connectivity index (χ2v) is 4.18. The maximum Gasteiger partial charge on any atom is 0.141 e. The summed E-state index contributed by atoms with van der Waals surface area (Å²) in [6.45, 7) is 0. The van der Waals surface area contributed by atoms with Gasteiger partial charge in [-0.1, -0.05) is 12.1 Å². The SMILES string of the molecule is Nc1nc(Cc2ccc(F)cc2)ncc1Br. The predicted octanol–water partition coefficient (Wildman–Crippen LogP) is 2.55. The smallest absolute Gasteiger partial charge is 0.141 e. The van der Waals surface area contributed by atoms with Crippen LogP contribution in [0, 0.1) is 5.82 Å². The van der Waals surface area contributed by atoms with E-state index in [1.165, 1.54) is 12.1 Å².